The van der Waals surface area contributed by atoms with Gasteiger partial charge in [0.05, 0.1) is 23.2 Å². The molecule has 0 spiro atoms. The van der Waals surface area contributed by atoms with E-state index in [4.69, 9.17) is 9.15 Å². The second-order valence-corrected chi connectivity index (χ2v) is 13.3. The molecule has 3 heterocycles. The van der Waals surface area contributed by atoms with Crippen molar-refractivity contribution in [3.8, 4) is 11.8 Å². The lowest BCUT2D eigenvalue weighted by atomic mass is 9.70. The van der Waals surface area contributed by atoms with Gasteiger partial charge in [0, 0.05) is 46.7 Å². The Bertz CT molecular complexity index is 1850. The fourth-order valence-corrected chi connectivity index (χ4v) is 8.95. The molecule has 0 N–H and O–H groups in total. The van der Waals surface area contributed by atoms with Gasteiger partial charge < -0.3 is 14.1 Å². The largest absolute Gasteiger partial charge is 0.493 e. The summed E-state index contributed by atoms with van der Waals surface area (Å²) in [6, 6.07) is 6.78. The van der Waals surface area contributed by atoms with Crippen LogP contribution in [-0.4, -0.2) is 24.9 Å². The Kier molecular flexibility index (Phi) is 5.37. The van der Waals surface area contributed by atoms with Crippen LogP contribution in [0.4, 0.5) is 11.4 Å². The summed E-state index contributed by atoms with van der Waals surface area (Å²) in [5.41, 5.74) is 9.70. The van der Waals surface area contributed by atoms with Crippen LogP contribution in [0.25, 0.3) is 17.7 Å². The van der Waals surface area contributed by atoms with Crippen molar-refractivity contribution in [3.05, 3.63) is 99.8 Å². The van der Waals surface area contributed by atoms with Crippen molar-refractivity contribution in [3.63, 3.8) is 0 Å². The van der Waals surface area contributed by atoms with Crippen molar-refractivity contribution < 1.29 is 9.15 Å². The van der Waals surface area contributed by atoms with Gasteiger partial charge in [-0.25, -0.2) is 0 Å². The van der Waals surface area contributed by atoms with Gasteiger partial charge >= 0.3 is 0 Å². The molecule has 0 saturated carbocycles. The van der Waals surface area contributed by atoms with Crippen LogP contribution in [0, 0.1) is 23.7 Å². The lowest BCUT2D eigenvalue weighted by Gasteiger charge is -2.38. The summed E-state index contributed by atoms with van der Waals surface area (Å²) in [7, 11) is 0. The molecule has 1 fully saturated rings. The number of nitrogens with zero attached hydrogens (tertiary/aromatic N) is 2. The third-order valence-corrected chi connectivity index (χ3v) is 11.0. The molecular weight excluding hydrogens is 528 g/mol. The number of hydrogen-bond acceptors (Lipinski definition) is 4. The van der Waals surface area contributed by atoms with Crippen LogP contribution < -0.4 is 4.90 Å². The van der Waals surface area contributed by atoms with Crippen molar-refractivity contribution in [1.29, 1.82) is 0 Å². The van der Waals surface area contributed by atoms with E-state index < -0.39 is 0 Å². The molecule has 0 radical (unpaired) electrons. The molecule has 2 aromatic rings. The zero-order valence-electron chi connectivity index (χ0n) is 24.9. The number of anilines is 1. The minimum absolute atomic E-state index is 0.0882. The van der Waals surface area contributed by atoms with E-state index in [1.54, 1.807) is 0 Å². The minimum Gasteiger partial charge on any atom is -0.493 e. The summed E-state index contributed by atoms with van der Waals surface area (Å²) in [5.74, 6) is 11.0. The summed E-state index contributed by atoms with van der Waals surface area (Å²) in [4.78, 5) is 7.22. The summed E-state index contributed by atoms with van der Waals surface area (Å²) in [6.45, 7) is 8.69. The van der Waals surface area contributed by atoms with Crippen LogP contribution in [0.2, 0.25) is 0 Å². The van der Waals surface area contributed by atoms with E-state index in [-0.39, 0.29) is 23.6 Å². The summed E-state index contributed by atoms with van der Waals surface area (Å²) >= 11 is 0. The second-order valence-electron chi connectivity index (χ2n) is 13.3. The number of allylic oxidation sites excluding steroid dienone is 6. The van der Waals surface area contributed by atoms with Gasteiger partial charge in [-0.05, 0) is 80.7 Å². The molecule has 5 aliphatic carbocycles. The summed E-state index contributed by atoms with van der Waals surface area (Å²) in [5, 5.41) is 0. The highest BCUT2D eigenvalue weighted by Gasteiger charge is 2.58. The number of rotatable bonds is 3. The number of hydrogen-bond donors (Lipinski definition) is 0. The van der Waals surface area contributed by atoms with Crippen LogP contribution >= 0.6 is 0 Å². The number of benzene rings is 1. The van der Waals surface area contributed by atoms with E-state index in [2.05, 4.69) is 109 Å². The molecule has 1 aromatic carbocycles. The third kappa shape index (κ3) is 3.43. The SMILES string of the molecule is C=Nc1cccc(N2C3CC#CC=C3C3(C)c4oc5c(c4C=CC23)CC(C)C=C5)c1C1=CC2=C(CC1)O[C@@H]1CCC=CC21. The molecule has 43 heavy (non-hydrogen) atoms. The Hall–Kier alpha value is -4.23. The van der Waals surface area contributed by atoms with Crippen LogP contribution in [0.5, 0.6) is 0 Å². The molecule has 7 aliphatic rings. The maximum atomic E-state index is 6.80. The van der Waals surface area contributed by atoms with Gasteiger partial charge in [0.15, 0.2) is 0 Å². The van der Waals surface area contributed by atoms with Crippen molar-refractivity contribution in [2.75, 3.05) is 4.90 Å². The van der Waals surface area contributed by atoms with Gasteiger partial charge in [0.1, 0.15) is 23.4 Å². The quantitative estimate of drug-likeness (QED) is 0.213. The first-order valence-electron chi connectivity index (χ1n) is 15.9. The Morgan fingerprint density at radius 1 is 1.14 bits per heavy atom. The molecule has 4 heteroatoms. The zero-order valence-corrected chi connectivity index (χ0v) is 24.9. The van der Waals surface area contributed by atoms with E-state index in [1.807, 2.05) is 0 Å². The highest BCUT2D eigenvalue weighted by atomic mass is 16.5. The lowest BCUT2D eigenvalue weighted by molar-refractivity contribution is 0.108. The number of furan rings is 1. The highest BCUT2D eigenvalue weighted by Crippen LogP contribution is 2.57. The molecule has 0 amide bonds. The number of ether oxygens (including phenoxy) is 1. The van der Waals surface area contributed by atoms with Gasteiger partial charge in [0.25, 0.3) is 0 Å². The molecular formula is C39H36N2O2. The summed E-state index contributed by atoms with van der Waals surface area (Å²) in [6.07, 6.45) is 24.7. The van der Waals surface area contributed by atoms with E-state index in [1.165, 1.54) is 44.9 Å². The molecule has 6 atom stereocenters. The van der Waals surface area contributed by atoms with E-state index >= 15 is 0 Å². The van der Waals surface area contributed by atoms with Gasteiger partial charge in [-0.1, -0.05) is 61.3 Å². The fourth-order valence-electron chi connectivity index (χ4n) is 8.95. The topological polar surface area (TPSA) is 38.0 Å². The summed E-state index contributed by atoms with van der Waals surface area (Å²) < 4.78 is 13.3. The monoisotopic (exact) mass is 564 g/mol. The van der Waals surface area contributed by atoms with Gasteiger partial charge in [-0.3, -0.25) is 4.99 Å². The minimum atomic E-state index is -0.316. The molecule has 0 bridgehead atoms. The Balaban J connectivity index is 1.20. The van der Waals surface area contributed by atoms with Crippen molar-refractivity contribution in [1.82, 2.24) is 0 Å². The second kappa shape index (κ2) is 9.13. The number of fused-ring (bicyclic) bond motifs is 9. The predicted molar refractivity (Wildman–Crippen MR) is 174 cm³/mol. The maximum absolute atomic E-state index is 6.80. The molecule has 1 aromatic heterocycles. The van der Waals surface area contributed by atoms with Crippen LogP contribution in [-0.2, 0) is 16.6 Å². The van der Waals surface area contributed by atoms with E-state index in [0.29, 0.717) is 11.8 Å². The fraction of sp³-hybridized carbons (Fsp3) is 0.359. The first-order chi connectivity index (χ1) is 21.1. The van der Waals surface area contributed by atoms with Crippen LogP contribution in [0.1, 0.15) is 74.2 Å². The zero-order chi connectivity index (χ0) is 28.9. The smallest absolute Gasteiger partial charge is 0.130 e. The van der Waals surface area contributed by atoms with Crippen molar-refractivity contribution in [2.24, 2.45) is 16.8 Å². The normalized spacial score (nSPS) is 32.3. The average molecular weight is 565 g/mol. The standard InChI is InChI=1S/C39H36N2O2/c1-23-15-18-35-27(21-23)26-17-20-36-39(2,38(26)43-35)29-10-5-6-12-31(29)41(36)32-13-8-11-30(40-3)37(32)24-16-19-34-28(22-24)25-9-4-7-14-33(25)42-34/h4,8-11,13,15,17-18,20,22-23,25,31,33,36H,3,7,12,14,16,19,21H2,1-2H3/t23?,25?,31?,33-,36?,39?/m1/s1. The Morgan fingerprint density at radius 2 is 2.07 bits per heavy atom. The highest BCUT2D eigenvalue weighted by molar-refractivity contribution is 5.89. The lowest BCUT2D eigenvalue weighted by Crippen LogP contribution is -2.43. The van der Waals surface area contributed by atoms with Crippen molar-refractivity contribution in [2.45, 2.75) is 76.0 Å². The number of aliphatic imine (C=N–C) groups is 1. The van der Waals surface area contributed by atoms with E-state index in [9.17, 15) is 0 Å². The van der Waals surface area contributed by atoms with Crippen LogP contribution in [0.15, 0.2) is 81.0 Å². The van der Waals surface area contributed by atoms with Gasteiger partial charge in [-0.2, -0.15) is 0 Å². The maximum Gasteiger partial charge on any atom is 0.130 e. The molecule has 5 unspecified atom stereocenters. The molecule has 2 aliphatic heterocycles. The average Bonchev–Trinajstić information content (AvgIpc) is 3.68. The third-order valence-electron chi connectivity index (χ3n) is 11.0. The molecule has 1 saturated heterocycles. The van der Waals surface area contributed by atoms with Crippen LogP contribution in [0.3, 0.4) is 0 Å². The first-order valence-corrected chi connectivity index (χ1v) is 15.9. The Labute approximate surface area is 253 Å². The van der Waals surface area contributed by atoms with E-state index in [0.717, 1.165) is 55.7 Å². The van der Waals surface area contributed by atoms with Crippen molar-refractivity contribution >= 4 is 35.8 Å². The molecule has 9 rings (SSSR count). The Morgan fingerprint density at radius 3 is 2.98 bits per heavy atom. The molecule has 214 valence electrons. The molecule has 4 nitrogen and oxygen atoms in total. The van der Waals surface area contributed by atoms with Gasteiger partial charge in [0.2, 0.25) is 0 Å². The predicted octanol–water partition coefficient (Wildman–Crippen LogP) is 8.49. The van der Waals surface area contributed by atoms with Gasteiger partial charge in [-0.15, -0.1) is 0 Å². The first kappa shape index (κ1) is 25.3.